The first-order valence-electron chi connectivity index (χ1n) is 9.78. The van der Waals surface area contributed by atoms with E-state index in [1.54, 1.807) is 24.0 Å². The minimum absolute atomic E-state index is 0. The van der Waals surface area contributed by atoms with E-state index in [2.05, 4.69) is 46.7 Å². The third kappa shape index (κ3) is 8.22. The molecule has 0 aliphatic heterocycles. The molecule has 0 aliphatic carbocycles. The van der Waals surface area contributed by atoms with Crippen molar-refractivity contribution in [2.75, 3.05) is 26.2 Å². The summed E-state index contributed by atoms with van der Waals surface area (Å²) in [6.07, 6.45) is 3.46. The number of aliphatic hydroxyl groups is 1. The number of ether oxygens (including phenoxy) is 1. The Balaban J connectivity index is 0.00000420. The number of nitrogens with one attached hydrogen (secondary N) is 2. The second-order valence-corrected chi connectivity index (χ2v) is 7.37. The molecule has 1 aromatic heterocycles. The molecule has 0 fully saturated rings. The summed E-state index contributed by atoms with van der Waals surface area (Å²) in [7, 11) is 1.82. The van der Waals surface area contributed by atoms with Crippen LogP contribution in [0.4, 0.5) is 0 Å². The van der Waals surface area contributed by atoms with Gasteiger partial charge in [0.15, 0.2) is 5.96 Å². The number of halogens is 1. The maximum absolute atomic E-state index is 10.7. The van der Waals surface area contributed by atoms with Crippen molar-refractivity contribution >= 4 is 29.9 Å². The van der Waals surface area contributed by atoms with Crippen molar-refractivity contribution in [1.29, 1.82) is 0 Å². The van der Waals surface area contributed by atoms with Gasteiger partial charge < -0.3 is 20.5 Å². The molecule has 3 N–H and O–H groups in total. The van der Waals surface area contributed by atoms with Gasteiger partial charge in [0, 0.05) is 25.4 Å². The van der Waals surface area contributed by atoms with Crippen molar-refractivity contribution in [2.45, 2.75) is 39.2 Å². The Hall–Kier alpha value is -1.81. The van der Waals surface area contributed by atoms with E-state index in [9.17, 15) is 5.11 Å². The van der Waals surface area contributed by atoms with Crippen LogP contribution in [0.5, 0.6) is 5.75 Å². The Kier molecular flexibility index (Phi) is 10.5. The first-order chi connectivity index (χ1) is 13.3. The summed E-state index contributed by atoms with van der Waals surface area (Å²) in [5, 5.41) is 21.2. The molecular weight excluding hydrogens is 481 g/mol. The molecule has 0 spiro atoms. The molecule has 0 radical (unpaired) electrons. The van der Waals surface area contributed by atoms with Crippen LogP contribution in [0.3, 0.4) is 0 Å². The van der Waals surface area contributed by atoms with E-state index in [4.69, 9.17) is 4.74 Å². The van der Waals surface area contributed by atoms with E-state index in [1.807, 2.05) is 26.1 Å². The predicted octanol–water partition coefficient (Wildman–Crippen LogP) is 3.00. The molecule has 0 bridgehead atoms. The van der Waals surface area contributed by atoms with Gasteiger partial charge in [-0.2, -0.15) is 5.10 Å². The molecule has 8 heteroatoms. The Morgan fingerprint density at radius 2 is 1.97 bits per heavy atom. The molecule has 0 saturated carbocycles. The van der Waals surface area contributed by atoms with Crippen LogP contribution in [0.25, 0.3) is 0 Å². The lowest BCUT2D eigenvalue weighted by Gasteiger charge is -2.20. The third-order valence-electron chi connectivity index (χ3n) is 4.43. The van der Waals surface area contributed by atoms with Gasteiger partial charge >= 0.3 is 0 Å². The highest BCUT2D eigenvalue weighted by atomic mass is 127. The van der Waals surface area contributed by atoms with Crippen molar-refractivity contribution in [3.63, 3.8) is 0 Å². The molecule has 29 heavy (non-hydrogen) atoms. The summed E-state index contributed by atoms with van der Waals surface area (Å²) in [6, 6.07) is 8.19. The van der Waals surface area contributed by atoms with E-state index in [0.29, 0.717) is 25.0 Å². The fourth-order valence-electron chi connectivity index (χ4n) is 2.65. The molecule has 2 aromatic rings. The van der Waals surface area contributed by atoms with Crippen molar-refractivity contribution in [3.8, 4) is 5.75 Å². The Morgan fingerprint density at radius 1 is 1.28 bits per heavy atom. The second-order valence-electron chi connectivity index (χ2n) is 7.37. The Morgan fingerprint density at radius 3 is 2.52 bits per heavy atom. The summed E-state index contributed by atoms with van der Waals surface area (Å²) in [4.78, 5) is 4.50. The predicted molar refractivity (Wildman–Crippen MR) is 128 cm³/mol. The van der Waals surface area contributed by atoms with Gasteiger partial charge in [0.1, 0.15) is 18.0 Å². The number of hydrogen-bond donors (Lipinski definition) is 3. The molecule has 7 nitrogen and oxygen atoms in total. The highest BCUT2D eigenvalue weighted by molar-refractivity contribution is 14.0. The second kappa shape index (κ2) is 12.0. The zero-order valence-corrected chi connectivity index (χ0v) is 20.3. The molecule has 162 valence electrons. The normalized spacial score (nSPS) is 13.6. The van der Waals surface area contributed by atoms with E-state index in [1.165, 1.54) is 5.56 Å². The van der Waals surface area contributed by atoms with Crippen LogP contribution in [0.15, 0.2) is 41.7 Å². The lowest BCUT2D eigenvalue weighted by Crippen LogP contribution is -2.40. The zero-order valence-electron chi connectivity index (χ0n) is 18.0. The number of benzene rings is 1. The lowest BCUT2D eigenvalue weighted by molar-refractivity contribution is 0.0672. The molecule has 0 amide bonds. The van der Waals surface area contributed by atoms with Crippen LogP contribution < -0.4 is 15.4 Å². The quantitative estimate of drug-likeness (QED) is 0.207. The number of nitrogens with zero attached hydrogens (tertiary/aromatic N) is 3. The van der Waals surface area contributed by atoms with E-state index in [-0.39, 0.29) is 30.5 Å². The minimum Gasteiger partial charge on any atom is -0.492 e. The first kappa shape index (κ1) is 25.2. The third-order valence-corrected chi connectivity index (χ3v) is 4.43. The lowest BCUT2D eigenvalue weighted by atomic mass is 10.0. The Bertz CT molecular complexity index is 757. The van der Waals surface area contributed by atoms with Crippen LogP contribution >= 0.6 is 24.0 Å². The van der Waals surface area contributed by atoms with Gasteiger partial charge in [0.25, 0.3) is 0 Å². The van der Waals surface area contributed by atoms with E-state index in [0.717, 1.165) is 17.9 Å². The first-order valence-corrected chi connectivity index (χ1v) is 9.78. The highest BCUT2D eigenvalue weighted by Crippen LogP contribution is 2.20. The largest absolute Gasteiger partial charge is 0.492 e. The smallest absolute Gasteiger partial charge is 0.191 e. The van der Waals surface area contributed by atoms with Crippen LogP contribution in [0, 0.1) is 0 Å². The zero-order chi connectivity index (χ0) is 20.6. The van der Waals surface area contributed by atoms with Crippen molar-refractivity contribution in [1.82, 2.24) is 20.4 Å². The SMILES string of the molecule is CCNC(=NCC(C)(O)c1cnn(C)c1)NCCOc1ccc(C(C)C)cc1.I. The van der Waals surface area contributed by atoms with Crippen molar-refractivity contribution in [2.24, 2.45) is 12.0 Å². The van der Waals surface area contributed by atoms with E-state index < -0.39 is 5.60 Å². The monoisotopic (exact) mass is 515 g/mol. The number of hydrogen-bond acceptors (Lipinski definition) is 4. The fourth-order valence-corrected chi connectivity index (χ4v) is 2.65. The van der Waals surface area contributed by atoms with Crippen LogP contribution in [-0.2, 0) is 12.6 Å². The molecule has 1 aromatic carbocycles. The van der Waals surface area contributed by atoms with Gasteiger partial charge in [-0.25, -0.2) is 4.99 Å². The number of aromatic nitrogens is 2. The number of rotatable bonds is 9. The molecule has 1 unspecified atom stereocenters. The maximum Gasteiger partial charge on any atom is 0.191 e. The summed E-state index contributed by atoms with van der Waals surface area (Å²) in [5.41, 5.74) is 0.959. The molecule has 1 atom stereocenters. The van der Waals surface area contributed by atoms with Crippen LogP contribution in [0.1, 0.15) is 44.7 Å². The van der Waals surface area contributed by atoms with E-state index >= 15 is 0 Å². The van der Waals surface area contributed by atoms with Gasteiger partial charge in [-0.05, 0) is 37.5 Å². The highest BCUT2D eigenvalue weighted by Gasteiger charge is 2.24. The number of aryl methyl sites for hydroxylation is 1. The number of aliphatic imine (C=N–C) groups is 1. The van der Waals surface area contributed by atoms with Crippen molar-refractivity contribution < 1.29 is 9.84 Å². The summed E-state index contributed by atoms with van der Waals surface area (Å²) in [6.45, 7) is 10.2. The summed E-state index contributed by atoms with van der Waals surface area (Å²) < 4.78 is 7.45. The summed E-state index contributed by atoms with van der Waals surface area (Å²) in [5.74, 6) is 2.01. The topological polar surface area (TPSA) is 83.7 Å². The average Bonchev–Trinajstić information content (AvgIpc) is 3.11. The standard InChI is InChI=1S/C21H33N5O2.HI/c1-6-22-20(24-15-21(4,27)18-13-25-26(5)14-18)23-11-12-28-19-9-7-17(8-10-19)16(2)3;/h7-10,13-14,16,27H,6,11-12,15H2,1-5H3,(H2,22,23,24);1H. The maximum atomic E-state index is 10.7. The van der Waals surface area contributed by atoms with Gasteiger partial charge in [-0.15, -0.1) is 24.0 Å². The van der Waals surface area contributed by atoms with Gasteiger partial charge in [0.2, 0.25) is 0 Å². The van der Waals surface area contributed by atoms with Crippen LogP contribution in [-0.4, -0.2) is 47.1 Å². The number of guanidine groups is 1. The molecular formula is C21H34IN5O2. The van der Waals surface area contributed by atoms with Gasteiger partial charge in [-0.1, -0.05) is 26.0 Å². The minimum atomic E-state index is -1.08. The molecule has 0 aliphatic rings. The fraction of sp³-hybridized carbons (Fsp3) is 0.524. The van der Waals surface area contributed by atoms with Crippen molar-refractivity contribution in [3.05, 3.63) is 47.8 Å². The average molecular weight is 515 g/mol. The summed E-state index contributed by atoms with van der Waals surface area (Å²) >= 11 is 0. The molecule has 0 saturated heterocycles. The molecule has 1 heterocycles. The Labute approximate surface area is 191 Å². The van der Waals surface area contributed by atoms with Gasteiger partial charge in [-0.3, -0.25) is 4.68 Å². The molecule has 2 rings (SSSR count). The van der Waals surface area contributed by atoms with Crippen LogP contribution in [0.2, 0.25) is 0 Å². The van der Waals surface area contributed by atoms with Gasteiger partial charge in [0.05, 0.1) is 19.3 Å².